The number of likely N-dealkylation sites (N-methyl/N-ethyl adjacent to an activating group) is 1. The molecule has 0 radical (unpaired) electrons. The van der Waals surface area contributed by atoms with Gasteiger partial charge in [0.1, 0.15) is 5.75 Å². The molecule has 2 heterocycles. The van der Waals surface area contributed by atoms with E-state index in [-0.39, 0.29) is 17.7 Å². The molecule has 2 aliphatic heterocycles. The smallest absolute Gasteiger partial charge is 0.322 e. The third-order valence-corrected chi connectivity index (χ3v) is 4.23. The van der Waals surface area contributed by atoms with E-state index in [2.05, 4.69) is 5.32 Å². The number of urea groups is 1. The normalized spacial score (nSPS) is 20.9. The number of phenols is 1. The summed E-state index contributed by atoms with van der Waals surface area (Å²) in [6.07, 6.45) is 0. The van der Waals surface area contributed by atoms with Crippen LogP contribution in [0.4, 0.5) is 4.79 Å². The molecule has 23 heavy (non-hydrogen) atoms. The maximum Gasteiger partial charge on any atom is 0.322 e. The van der Waals surface area contributed by atoms with Crippen molar-refractivity contribution >= 4 is 11.9 Å². The van der Waals surface area contributed by atoms with Gasteiger partial charge in [0.25, 0.3) is 5.91 Å². The molecule has 0 unspecified atom stereocenters. The Morgan fingerprint density at radius 3 is 2.65 bits per heavy atom. The third-order valence-electron chi connectivity index (χ3n) is 4.23. The predicted molar refractivity (Wildman–Crippen MR) is 82.6 cm³/mol. The van der Waals surface area contributed by atoms with Crippen molar-refractivity contribution in [1.82, 2.24) is 15.1 Å². The molecule has 0 saturated carbocycles. The van der Waals surface area contributed by atoms with Crippen LogP contribution >= 0.6 is 0 Å². The van der Waals surface area contributed by atoms with E-state index in [9.17, 15) is 14.7 Å². The quantitative estimate of drug-likeness (QED) is 0.862. The van der Waals surface area contributed by atoms with Crippen LogP contribution < -0.4 is 5.32 Å². The van der Waals surface area contributed by atoms with Crippen molar-refractivity contribution in [2.45, 2.75) is 6.04 Å². The first-order chi connectivity index (χ1) is 11.0. The van der Waals surface area contributed by atoms with Crippen LogP contribution in [-0.4, -0.2) is 60.7 Å². The molecule has 2 aliphatic rings. The Hall–Kier alpha value is -2.54. The summed E-state index contributed by atoms with van der Waals surface area (Å²) in [4.78, 5) is 28.1. The van der Waals surface area contributed by atoms with E-state index in [0.717, 1.165) is 5.56 Å². The molecule has 0 aromatic heterocycles. The largest absolute Gasteiger partial charge is 0.508 e. The second kappa shape index (κ2) is 5.92. The molecule has 0 spiro atoms. The number of nitrogens with zero attached hydrogens (tertiary/aromatic N) is 2. The minimum atomic E-state index is -0.505. The number of nitrogens with one attached hydrogen (secondary N) is 1. The van der Waals surface area contributed by atoms with Crippen LogP contribution in [-0.2, 0) is 9.53 Å². The van der Waals surface area contributed by atoms with Crippen LogP contribution in [0.25, 0.3) is 0 Å². The summed E-state index contributed by atoms with van der Waals surface area (Å²) in [7, 11) is 3.25. The Labute approximate surface area is 134 Å². The Balaban J connectivity index is 1.96. The van der Waals surface area contributed by atoms with Crippen molar-refractivity contribution < 1.29 is 19.4 Å². The van der Waals surface area contributed by atoms with Crippen molar-refractivity contribution in [2.75, 3.05) is 33.9 Å². The van der Waals surface area contributed by atoms with E-state index in [1.165, 1.54) is 4.90 Å². The van der Waals surface area contributed by atoms with Crippen LogP contribution in [0.5, 0.6) is 5.75 Å². The number of phenolic OH excluding ortho intramolecular Hbond substituents is 1. The molecule has 7 nitrogen and oxygen atoms in total. The number of carbonyl (C=O) groups is 2. The van der Waals surface area contributed by atoms with Gasteiger partial charge < -0.3 is 20.1 Å². The summed E-state index contributed by atoms with van der Waals surface area (Å²) in [5, 5.41) is 12.3. The molecule has 1 aromatic rings. The molecule has 1 atom stereocenters. The SMILES string of the molecule is COCCN1CC2=C(C1=O)[C@H](c1ccc(O)cc1)NC(=O)N2C. The summed E-state index contributed by atoms with van der Waals surface area (Å²) in [5.74, 6) is 0.0450. The summed E-state index contributed by atoms with van der Waals surface area (Å²) in [5.41, 5.74) is 2.06. The summed E-state index contributed by atoms with van der Waals surface area (Å²) in [6.45, 7) is 1.32. The summed E-state index contributed by atoms with van der Waals surface area (Å²) < 4.78 is 5.04. The maximum absolute atomic E-state index is 12.7. The van der Waals surface area contributed by atoms with E-state index in [1.54, 1.807) is 43.3 Å². The molecular formula is C16H19N3O4. The average Bonchev–Trinajstić information content (AvgIpc) is 2.87. The van der Waals surface area contributed by atoms with Crippen LogP contribution in [0.15, 0.2) is 35.5 Å². The van der Waals surface area contributed by atoms with E-state index < -0.39 is 6.04 Å². The van der Waals surface area contributed by atoms with E-state index >= 15 is 0 Å². The highest BCUT2D eigenvalue weighted by Crippen LogP contribution is 2.35. The van der Waals surface area contributed by atoms with Gasteiger partial charge in [-0.15, -0.1) is 0 Å². The minimum absolute atomic E-state index is 0.0954. The van der Waals surface area contributed by atoms with Crippen LogP contribution in [0, 0.1) is 0 Å². The molecule has 0 saturated heterocycles. The molecule has 3 amide bonds. The van der Waals surface area contributed by atoms with Crippen molar-refractivity contribution in [2.24, 2.45) is 0 Å². The summed E-state index contributed by atoms with van der Waals surface area (Å²) in [6, 6.07) is 5.75. The lowest BCUT2D eigenvalue weighted by molar-refractivity contribution is -0.126. The lowest BCUT2D eigenvalue weighted by Gasteiger charge is -2.31. The number of hydrogen-bond donors (Lipinski definition) is 2. The highest BCUT2D eigenvalue weighted by atomic mass is 16.5. The lowest BCUT2D eigenvalue weighted by atomic mass is 9.96. The first-order valence-corrected chi connectivity index (χ1v) is 7.37. The average molecular weight is 317 g/mol. The number of carbonyl (C=O) groups excluding carboxylic acids is 2. The van der Waals surface area contributed by atoms with Gasteiger partial charge in [-0.05, 0) is 17.7 Å². The monoisotopic (exact) mass is 317 g/mol. The van der Waals surface area contributed by atoms with Gasteiger partial charge >= 0.3 is 6.03 Å². The van der Waals surface area contributed by atoms with Crippen molar-refractivity contribution in [3.05, 3.63) is 41.1 Å². The Morgan fingerprint density at radius 1 is 1.30 bits per heavy atom. The highest BCUT2D eigenvalue weighted by Gasteiger charge is 2.42. The number of benzene rings is 1. The first kappa shape index (κ1) is 15.4. The Kier molecular flexibility index (Phi) is 3.96. The number of methoxy groups -OCH3 is 1. The number of hydrogen-bond acceptors (Lipinski definition) is 4. The number of amides is 3. The van der Waals surface area contributed by atoms with Gasteiger partial charge in [-0.1, -0.05) is 12.1 Å². The topological polar surface area (TPSA) is 82.1 Å². The fraction of sp³-hybridized carbons (Fsp3) is 0.375. The molecule has 3 rings (SSSR count). The lowest BCUT2D eigenvalue weighted by Crippen LogP contribution is -2.45. The molecule has 122 valence electrons. The zero-order chi connectivity index (χ0) is 16.6. The van der Waals surface area contributed by atoms with Gasteiger partial charge in [-0.3, -0.25) is 9.69 Å². The molecule has 0 aliphatic carbocycles. The van der Waals surface area contributed by atoms with Crippen molar-refractivity contribution in [3.8, 4) is 5.75 Å². The van der Waals surface area contributed by atoms with Crippen molar-refractivity contribution in [3.63, 3.8) is 0 Å². The fourth-order valence-electron chi connectivity index (χ4n) is 2.92. The molecule has 2 N–H and O–H groups in total. The van der Waals surface area contributed by atoms with Crippen LogP contribution in [0.2, 0.25) is 0 Å². The molecule has 7 heteroatoms. The summed E-state index contributed by atoms with van der Waals surface area (Å²) >= 11 is 0. The third kappa shape index (κ3) is 2.63. The van der Waals surface area contributed by atoms with Gasteiger partial charge in [0.15, 0.2) is 0 Å². The Morgan fingerprint density at radius 2 is 2.00 bits per heavy atom. The maximum atomic E-state index is 12.7. The minimum Gasteiger partial charge on any atom is -0.508 e. The number of aromatic hydroxyl groups is 1. The van der Waals surface area contributed by atoms with Crippen LogP contribution in [0.3, 0.4) is 0 Å². The predicted octanol–water partition coefficient (Wildman–Crippen LogP) is 0.831. The number of rotatable bonds is 4. The number of ether oxygens (including phenoxy) is 1. The van der Waals surface area contributed by atoms with Gasteiger partial charge in [-0.2, -0.15) is 0 Å². The zero-order valence-corrected chi connectivity index (χ0v) is 13.1. The second-order valence-corrected chi connectivity index (χ2v) is 5.61. The van der Waals surface area contributed by atoms with E-state index in [1.807, 2.05) is 0 Å². The molecular weight excluding hydrogens is 298 g/mol. The molecule has 0 fully saturated rings. The standard InChI is InChI=1S/C16H19N3O4/c1-18-12-9-19(7-8-23-2)15(21)13(12)14(17-16(18)22)10-3-5-11(20)6-4-10/h3-6,14,20H,7-9H2,1-2H3,(H,17,22)/t14-/m0/s1. The molecule has 1 aromatic carbocycles. The molecule has 0 bridgehead atoms. The second-order valence-electron chi connectivity index (χ2n) is 5.61. The van der Waals surface area contributed by atoms with Gasteiger partial charge in [-0.25, -0.2) is 4.79 Å². The Bertz CT molecular complexity index is 668. The van der Waals surface area contributed by atoms with Crippen LogP contribution in [0.1, 0.15) is 11.6 Å². The van der Waals surface area contributed by atoms with Crippen molar-refractivity contribution in [1.29, 1.82) is 0 Å². The van der Waals surface area contributed by atoms with Gasteiger partial charge in [0.05, 0.1) is 30.5 Å². The van der Waals surface area contributed by atoms with E-state index in [4.69, 9.17) is 4.74 Å². The fourth-order valence-corrected chi connectivity index (χ4v) is 2.92. The van der Waals surface area contributed by atoms with Gasteiger partial charge in [0.2, 0.25) is 0 Å². The zero-order valence-electron chi connectivity index (χ0n) is 13.1. The first-order valence-electron chi connectivity index (χ1n) is 7.37. The van der Waals surface area contributed by atoms with E-state index in [0.29, 0.717) is 31.0 Å². The highest BCUT2D eigenvalue weighted by molar-refractivity contribution is 6.01. The van der Waals surface area contributed by atoms with Gasteiger partial charge in [0, 0.05) is 20.7 Å².